The average molecular weight is 359 g/mol. The van der Waals surface area contributed by atoms with E-state index in [-0.39, 0.29) is 25.6 Å². The van der Waals surface area contributed by atoms with Crippen molar-refractivity contribution in [2.75, 3.05) is 13.2 Å². The Morgan fingerprint density at radius 3 is 2.33 bits per heavy atom. The number of carbonyl (C=O) groups is 2. The molecule has 5 nitrogen and oxygen atoms in total. The van der Waals surface area contributed by atoms with Crippen molar-refractivity contribution in [2.45, 2.75) is 25.7 Å². The topological polar surface area (TPSA) is 83.8 Å². The first-order chi connectivity index (χ1) is 9.88. The van der Waals surface area contributed by atoms with E-state index in [0.29, 0.717) is 5.56 Å². The summed E-state index contributed by atoms with van der Waals surface area (Å²) in [4.78, 5) is 24.2. The molecule has 0 amide bonds. The molecule has 0 aliphatic heterocycles. The van der Waals surface area contributed by atoms with Crippen molar-refractivity contribution in [2.24, 2.45) is 5.92 Å². The molecule has 0 radical (unpaired) electrons. The predicted molar refractivity (Wildman–Crippen MR) is 81.0 cm³/mol. The summed E-state index contributed by atoms with van der Waals surface area (Å²) in [6.07, 6.45) is -0.0285. The molecule has 116 valence electrons. The number of rotatable bonds is 7. The van der Waals surface area contributed by atoms with E-state index in [2.05, 4.69) is 15.9 Å². The van der Waals surface area contributed by atoms with Crippen LogP contribution in [0.4, 0.5) is 0 Å². The molecule has 0 fully saturated rings. The van der Waals surface area contributed by atoms with Gasteiger partial charge in [-0.15, -0.1) is 0 Å². The van der Waals surface area contributed by atoms with Crippen LogP contribution in [0.1, 0.15) is 25.8 Å². The quantitative estimate of drug-likeness (QED) is 0.577. The number of carbonyl (C=O) groups excluding carboxylic acids is 1. The van der Waals surface area contributed by atoms with E-state index in [0.717, 1.165) is 4.47 Å². The van der Waals surface area contributed by atoms with Gasteiger partial charge in [-0.3, -0.25) is 9.59 Å². The maximum atomic E-state index is 12.3. The first-order valence-electron chi connectivity index (χ1n) is 6.66. The smallest absolute Gasteiger partial charge is 0.328 e. The number of carboxylic acids is 1. The van der Waals surface area contributed by atoms with Crippen LogP contribution in [0, 0.1) is 5.92 Å². The fourth-order valence-corrected chi connectivity index (χ4v) is 2.46. The Hall–Kier alpha value is -1.40. The van der Waals surface area contributed by atoms with Gasteiger partial charge in [0.15, 0.2) is 5.41 Å². The minimum absolute atomic E-state index is 0.0285. The van der Waals surface area contributed by atoms with Gasteiger partial charge in [0, 0.05) is 11.1 Å². The lowest BCUT2D eigenvalue weighted by molar-refractivity contribution is -0.162. The van der Waals surface area contributed by atoms with Crippen molar-refractivity contribution in [1.29, 1.82) is 0 Å². The molecule has 0 heterocycles. The number of carboxylic acid groups (broad SMARTS) is 1. The number of hydrogen-bond acceptors (Lipinski definition) is 4. The summed E-state index contributed by atoms with van der Waals surface area (Å²) in [7, 11) is 0. The first kappa shape index (κ1) is 17.7. The van der Waals surface area contributed by atoms with Gasteiger partial charge in [-0.1, -0.05) is 35.0 Å². The van der Waals surface area contributed by atoms with Crippen molar-refractivity contribution in [3.05, 3.63) is 34.3 Å². The van der Waals surface area contributed by atoms with E-state index in [4.69, 9.17) is 4.74 Å². The molecule has 2 atom stereocenters. The largest absolute Gasteiger partial charge is 0.480 e. The van der Waals surface area contributed by atoms with E-state index in [1.807, 2.05) is 0 Å². The Bertz CT molecular complexity index is 499. The lowest BCUT2D eigenvalue weighted by Gasteiger charge is -2.29. The molecule has 0 aliphatic carbocycles. The van der Waals surface area contributed by atoms with E-state index < -0.39 is 17.4 Å². The second-order valence-corrected chi connectivity index (χ2v) is 5.85. The second-order valence-electron chi connectivity index (χ2n) is 4.93. The maximum Gasteiger partial charge on any atom is 0.328 e. The Kier molecular flexibility index (Phi) is 6.36. The maximum absolute atomic E-state index is 12.3. The van der Waals surface area contributed by atoms with Crippen molar-refractivity contribution in [3.8, 4) is 0 Å². The summed E-state index contributed by atoms with van der Waals surface area (Å²) in [5.41, 5.74) is -1.46. The van der Waals surface area contributed by atoms with E-state index in [1.165, 1.54) is 0 Å². The van der Waals surface area contributed by atoms with Gasteiger partial charge in [-0.25, -0.2) is 0 Å². The van der Waals surface area contributed by atoms with E-state index >= 15 is 0 Å². The summed E-state index contributed by atoms with van der Waals surface area (Å²) >= 11 is 3.28. The summed E-state index contributed by atoms with van der Waals surface area (Å²) in [5.74, 6) is -2.43. The molecule has 1 aromatic carbocycles. The van der Waals surface area contributed by atoms with Crippen molar-refractivity contribution in [3.63, 3.8) is 0 Å². The highest BCUT2D eigenvalue weighted by Gasteiger charge is 2.50. The van der Waals surface area contributed by atoms with Crippen LogP contribution in [0.2, 0.25) is 0 Å². The standard InChI is InChI=1S/C15H19BrO5/c1-3-21-14(20)15(13(18)19,8-10(2)9-17)11-4-6-12(16)7-5-11/h4-7,10,17H,3,8-9H2,1-2H3,(H,18,19). The average Bonchev–Trinajstić information content (AvgIpc) is 2.45. The second kappa shape index (κ2) is 7.56. The zero-order chi connectivity index (χ0) is 16.0. The van der Waals surface area contributed by atoms with E-state index in [1.54, 1.807) is 38.1 Å². The molecule has 0 saturated heterocycles. The number of esters is 1. The highest BCUT2D eigenvalue weighted by atomic mass is 79.9. The van der Waals surface area contributed by atoms with Gasteiger partial charge in [0.2, 0.25) is 0 Å². The zero-order valence-corrected chi connectivity index (χ0v) is 13.6. The Labute approximate surface area is 132 Å². The van der Waals surface area contributed by atoms with Crippen molar-refractivity contribution in [1.82, 2.24) is 0 Å². The molecule has 1 aromatic rings. The molecule has 1 rings (SSSR count). The lowest BCUT2D eigenvalue weighted by atomic mass is 9.74. The highest BCUT2D eigenvalue weighted by molar-refractivity contribution is 9.10. The molecule has 21 heavy (non-hydrogen) atoms. The summed E-state index contributed by atoms with van der Waals surface area (Å²) in [6.45, 7) is 3.21. The van der Waals surface area contributed by atoms with Gasteiger partial charge in [-0.05, 0) is 37.0 Å². The van der Waals surface area contributed by atoms with Crippen molar-refractivity contribution < 1.29 is 24.5 Å². The van der Waals surface area contributed by atoms with Gasteiger partial charge < -0.3 is 14.9 Å². The molecule has 2 unspecified atom stereocenters. The fourth-order valence-electron chi connectivity index (χ4n) is 2.19. The molecule has 0 saturated carbocycles. The van der Waals surface area contributed by atoms with Crippen LogP contribution in [-0.2, 0) is 19.7 Å². The highest BCUT2D eigenvalue weighted by Crippen LogP contribution is 2.34. The number of benzene rings is 1. The van der Waals surface area contributed by atoms with Gasteiger partial charge >= 0.3 is 11.9 Å². The SMILES string of the molecule is CCOC(=O)C(CC(C)CO)(C(=O)O)c1ccc(Br)cc1. The van der Waals surface area contributed by atoms with Crippen LogP contribution in [0.3, 0.4) is 0 Å². The van der Waals surface area contributed by atoms with Crippen LogP contribution in [-0.4, -0.2) is 35.4 Å². The molecule has 0 spiro atoms. The number of ether oxygens (including phenoxy) is 1. The number of aliphatic carboxylic acids is 1. The normalized spacial score (nSPS) is 15.0. The minimum Gasteiger partial charge on any atom is -0.480 e. The fraction of sp³-hybridized carbons (Fsp3) is 0.467. The van der Waals surface area contributed by atoms with Gasteiger partial charge in [0.05, 0.1) is 6.61 Å². The van der Waals surface area contributed by atoms with Crippen LogP contribution in [0.15, 0.2) is 28.7 Å². The Morgan fingerprint density at radius 2 is 1.90 bits per heavy atom. The first-order valence-corrected chi connectivity index (χ1v) is 7.45. The predicted octanol–water partition coefficient (Wildman–Crippen LogP) is 2.35. The molecule has 0 aromatic heterocycles. The molecule has 6 heteroatoms. The van der Waals surface area contributed by atoms with Crippen LogP contribution < -0.4 is 0 Å². The van der Waals surface area contributed by atoms with Crippen LogP contribution in [0.5, 0.6) is 0 Å². The third-order valence-corrected chi connectivity index (χ3v) is 3.82. The Balaban J connectivity index is 3.39. The van der Waals surface area contributed by atoms with Crippen LogP contribution >= 0.6 is 15.9 Å². The van der Waals surface area contributed by atoms with Crippen LogP contribution in [0.25, 0.3) is 0 Å². The third-order valence-electron chi connectivity index (χ3n) is 3.29. The molecular weight excluding hydrogens is 340 g/mol. The zero-order valence-electron chi connectivity index (χ0n) is 12.0. The van der Waals surface area contributed by atoms with Gasteiger partial charge in [-0.2, -0.15) is 0 Å². The third kappa shape index (κ3) is 3.83. The number of aliphatic hydroxyl groups is 1. The number of aliphatic hydroxyl groups excluding tert-OH is 1. The lowest BCUT2D eigenvalue weighted by Crippen LogP contribution is -2.46. The monoisotopic (exact) mass is 358 g/mol. The summed E-state index contributed by atoms with van der Waals surface area (Å²) < 4.78 is 5.77. The molecule has 0 aliphatic rings. The van der Waals surface area contributed by atoms with Crippen molar-refractivity contribution >= 4 is 27.9 Å². The van der Waals surface area contributed by atoms with Gasteiger partial charge in [0.1, 0.15) is 0 Å². The summed E-state index contributed by atoms with van der Waals surface area (Å²) in [6, 6.07) is 6.52. The van der Waals surface area contributed by atoms with Gasteiger partial charge in [0.25, 0.3) is 0 Å². The number of hydrogen-bond donors (Lipinski definition) is 2. The van der Waals surface area contributed by atoms with E-state index in [9.17, 15) is 19.8 Å². The minimum atomic E-state index is -1.81. The molecule has 0 bridgehead atoms. The molecule has 2 N–H and O–H groups in total. The number of halogens is 1. The summed E-state index contributed by atoms with van der Waals surface area (Å²) in [5, 5.41) is 18.9. The molecular formula is C15H19BrO5. The Morgan fingerprint density at radius 1 is 1.33 bits per heavy atom.